The van der Waals surface area contributed by atoms with Gasteiger partial charge in [-0.25, -0.2) is 4.79 Å². The number of carbonyl (C=O) groups excluding carboxylic acids is 2. The van der Waals surface area contributed by atoms with Gasteiger partial charge in [0.05, 0.1) is 11.7 Å². The number of morpholine rings is 1. The van der Waals surface area contributed by atoms with E-state index >= 15 is 0 Å². The summed E-state index contributed by atoms with van der Waals surface area (Å²) in [5.41, 5.74) is -0.798. The third-order valence-corrected chi connectivity index (χ3v) is 4.39. The number of piperidine rings is 1. The molecule has 0 aromatic rings. The molecule has 0 radical (unpaired) electrons. The van der Waals surface area contributed by atoms with Crippen molar-refractivity contribution in [2.45, 2.75) is 71.2 Å². The lowest BCUT2D eigenvalue weighted by atomic mass is 9.88. The Hall–Kier alpha value is -1.30. The Balaban J connectivity index is 1.96. The van der Waals surface area contributed by atoms with Crippen LogP contribution in [-0.2, 0) is 14.3 Å². The molecule has 6 nitrogen and oxygen atoms in total. The Morgan fingerprint density at radius 2 is 1.83 bits per heavy atom. The monoisotopic (exact) mass is 326 g/mol. The molecule has 2 saturated heterocycles. The molecule has 2 aliphatic rings. The van der Waals surface area contributed by atoms with Crippen LogP contribution in [0, 0.1) is 0 Å². The highest BCUT2D eigenvalue weighted by Gasteiger charge is 2.44. The number of carbonyl (C=O) groups is 2. The summed E-state index contributed by atoms with van der Waals surface area (Å²) < 4.78 is 11.6. The first-order valence-electron chi connectivity index (χ1n) is 8.58. The van der Waals surface area contributed by atoms with Crippen molar-refractivity contribution >= 4 is 12.0 Å². The fourth-order valence-electron chi connectivity index (χ4n) is 3.34. The first kappa shape index (κ1) is 18.0. The Bertz CT molecular complexity index is 450. The minimum Gasteiger partial charge on any atom is -0.444 e. The van der Waals surface area contributed by atoms with Gasteiger partial charge in [-0.3, -0.25) is 4.79 Å². The first-order chi connectivity index (χ1) is 10.6. The summed E-state index contributed by atoms with van der Waals surface area (Å²) in [7, 11) is 0. The van der Waals surface area contributed by atoms with Crippen LogP contribution in [0.4, 0.5) is 4.79 Å². The van der Waals surface area contributed by atoms with Crippen molar-refractivity contribution in [1.29, 1.82) is 0 Å². The summed E-state index contributed by atoms with van der Waals surface area (Å²) in [6.07, 6.45) is 1.77. The van der Waals surface area contributed by atoms with Gasteiger partial charge in [-0.05, 0) is 40.5 Å². The molecular formula is C17H30N2O4. The number of ether oxygens (including phenoxy) is 2. The lowest BCUT2D eigenvalue weighted by Gasteiger charge is -2.49. The third-order valence-electron chi connectivity index (χ3n) is 4.39. The highest BCUT2D eigenvalue weighted by molar-refractivity contribution is 5.76. The van der Waals surface area contributed by atoms with E-state index in [2.05, 4.69) is 0 Å². The van der Waals surface area contributed by atoms with Gasteiger partial charge in [-0.1, -0.05) is 6.92 Å². The van der Waals surface area contributed by atoms with Gasteiger partial charge in [-0.15, -0.1) is 0 Å². The van der Waals surface area contributed by atoms with Gasteiger partial charge in [0.25, 0.3) is 0 Å². The first-order valence-corrected chi connectivity index (χ1v) is 8.58. The van der Waals surface area contributed by atoms with E-state index in [9.17, 15) is 9.59 Å². The van der Waals surface area contributed by atoms with Crippen LogP contribution in [0.15, 0.2) is 0 Å². The fourth-order valence-corrected chi connectivity index (χ4v) is 3.34. The van der Waals surface area contributed by atoms with Crippen molar-refractivity contribution in [2.75, 3.05) is 26.2 Å². The molecular weight excluding hydrogens is 296 g/mol. The Labute approximate surface area is 139 Å². The molecule has 0 aromatic carbocycles. The van der Waals surface area contributed by atoms with Crippen LogP contribution in [0.2, 0.25) is 0 Å². The topological polar surface area (TPSA) is 59.1 Å². The maximum absolute atomic E-state index is 12.2. The minimum absolute atomic E-state index is 0.0346. The molecule has 0 saturated carbocycles. The van der Waals surface area contributed by atoms with E-state index in [0.717, 1.165) is 12.8 Å². The highest BCUT2D eigenvalue weighted by atomic mass is 16.6. The predicted octanol–water partition coefficient (Wildman–Crippen LogP) is 2.41. The van der Waals surface area contributed by atoms with E-state index in [1.807, 2.05) is 39.5 Å². The van der Waals surface area contributed by atoms with E-state index in [-0.39, 0.29) is 23.7 Å². The van der Waals surface area contributed by atoms with Gasteiger partial charge in [0, 0.05) is 32.6 Å². The Kier molecular flexibility index (Phi) is 5.23. The van der Waals surface area contributed by atoms with Crippen molar-refractivity contribution < 1.29 is 19.1 Å². The molecule has 132 valence electrons. The summed E-state index contributed by atoms with van der Waals surface area (Å²) in [6, 6.07) is 0. The molecule has 0 aromatic heterocycles. The largest absolute Gasteiger partial charge is 0.444 e. The smallest absolute Gasteiger partial charge is 0.410 e. The van der Waals surface area contributed by atoms with Gasteiger partial charge in [0.2, 0.25) is 5.91 Å². The average Bonchev–Trinajstić information content (AvgIpc) is 2.44. The summed E-state index contributed by atoms with van der Waals surface area (Å²) in [6.45, 7) is 12.0. The van der Waals surface area contributed by atoms with Gasteiger partial charge >= 0.3 is 6.09 Å². The lowest BCUT2D eigenvalue weighted by molar-refractivity contribution is -0.178. The van der Waals surface area contributed by atoms with Crippen LogP contribution in [-0.4, -0.2) is 65.3 Å². The fraction of sp³-hybridized carbons (Fsp3) is 0.882. The standard InChI is InChI=1S/C17H30N2O4/c1-6-14(20)19-11-13(2)22-17(12-19)7-9-18(10-8-17)15(21)23-16(3,4)5/h13H,6-12H2,1-5H3. The van der Waals surface area contributed by atoms with Crippen LogP contribution in [0.5, 0.6) is 0 Å². The van der Waals surface area contributed by atoms with Gasteiger partial charge in [-0.2, -0.15) is 0 Å². The van der Waals surface area contributed by atoms with Crippen molar-refractivity contribution in [1.82, 2.24) is 9.80 Å². The molecule has 0 bridgehead atoms. The Morgan fingerprint density at radius 1 is 1.22 bits per heavy atom. The van der Waals surface area contributed by atoms with E-state index in [0.29, 0.717) is 32.6 Å². The normalized spacial score (nSPS) is 24.7. The predicted molar refractivity (Wildman–Crippen MR) is 87.2 cm³/mol. The number of likely N-dealkylation sites (tertiary alicyclic amines) is 1. The summed E-state index contributed by atoms with van der Waals surface area (Å²) in [5.74, 6) is 0.175. The van der Waals surface area contributed by atoms with Crippen molar-refractivity contribution in [3.63, 3.8) is 0 Å². The van der Waals surface area contributed by atoms with Crippen molar-refractivity contribution in [3.8, 4) is 0 Å². The zero-order valence-corrected chi connectivity index (χ0v) is 15.1. The second-order valence-corrected chi connectivity index (χ2v) is 7.71. The molecule has 1 atom stereocenters. The molecule has 2 heterocycles. The highest BCUT2D eigenvalue weighted by Crippen LogP contribution is 2.33. The Morgan fingerprint density at radius 3 is 2.35 bits per heavy atom. The van der Waals surface area contributed by atoms with Crippen LogP contribution in [0.25, 0.3) is 0 Å². The minimum atomic E-state index is -0.480. The molecule has 2 fully saturated rings. The molecule has 2 rings (SSSR count). The summed E-state index contributed by atoms with van der Waals surface area (Å²) >= 11 is 0. The molecule has 2 aliphatic heterocycles. The SMILES string of the molecule is CCC(=O)N1CC(C)OC2(CCN(C(=O)OC(C)(C)C)CC2)C1. The average molecular weight is 326 g/mol. The number of amides is 2. The molecule has 1 unspecified atom stereocenters. The van der Waals surface area contributed by atoms with Crippen molar-refractivity contribution in [3.05, 3.63) is 0 Å². The second-order valence-electron chi connectivity index (χ2n) is 7.71. The summed E-state index contributed by atoms with van der Waals surface area (Å²) in [5, 5.41) is 0. The van der Waals surface area contributed by atoms with Crippen molar-refractivity contribution in [2.24, 2.45) is 0 Å². The molecule has 23 heavy (non-hydrogen) atoms. The molecule has 0 aliphatic carbocycles. The zero-order valence-electron chi connectivity index (χ0n) is 15.1. The van der Waals surface area contributed by atoms with E-state index < -0.39 is 5.60 Å². The molecule has 2 amide bonds. The van der Waals surface area contributed by atoms with Gasteiger partial charge < -0.3 is 19.3 Å². The number of hydrogen-bond acceptors (Lipinski definition) is 4. The van der Waals surface area contributed by atoms with Crippen LogP contribution < -0.4 is 0 Å². The van der Waals surface area contributed by atoms with Gasteiger partial charge in [0.1, 0.15) is 5.60 Å². The number of nitrogens with zero attached hydrogens (tertiary/aromatic N) is 2. The van der Waals surface area contributed by atoms with E-state index in [4.69, 9.17) is 9.47 Å². The van der Waals surface area contributed by atoms with E-state index in [1.165, 1.54) is 0 Å². The van der Waals surface area contributed by atoms with E-state index in [1.54, 1.807) is 4.90 Å². The zero-order chi connectivity index (χ0) is 17.3. The van der Waals surface area contributed by atoms with Crippen LogP contribution in [0.3, 0.4) is 0 Å². The summed E-state index contributed by atoms with van der Waals surface area (Å²) in [4.78, 5) is 27.9. The third kappa shape index (κ3) is 4.59. The second kappa shape index (κ2) is 6.67. The van der Waals surface area contributed by atoms with Crippen LogP contribution in [0.1, 0.15) is 53.9 Å². The molecule has 1 spiro atoms. The number of rotatable bonds is 1. The maximum atomic E-state index is 12.2. The molecule has 6 heteroatoms. The van der Waals surface area contributed by atoms with Crippen LogP contribution >= 0.6 is 0 Å². The quantitative estimate of drug-likeness (QED) is 0.742. The lowest BCUT2D eigenvalue weighted by Crippen LogP contribution is -2.60. The number of hydrogen-bond donors (Lipinski definition) is 0. The maximum Gasteiger partial charge on any atom is 0.410 e. The molecule has 0 N–H and O–H groups in total. The van der Waals surface area contributed by atoms with Gasteiger partial charge in [0.15, 0.2) is 0 Å².